The molecule has 1 atom stereocenters. The summed E-state index contributed by atoms with van der Waals surface area (Å²) in [7, 11) is -4.68. The number of carbonyl (C=O) groups excluding carboxylic acids is 2. The van der Waals surface area contributed by atoms with E-state index in [2.05, 4.69) is 0 Å². The topological polar surface area (TPSA) is 125 Å². The Morgan fingerprint density at radius 3 is 2.28 bits per heavy atom. The summed E-state index contributed by atoms with van der Waals surface area (Å²) in [6.07, 6.45) is -0.813. The lowest BCUT2D eigenvalue weighted by atomic mass is 10.2. The van der Waals surface area contributed by atoms with E-state index in [-0.39, 0.29) is 18.9 Å². The summed E-state index contributed by atoms with van der Waals surface area (Å²) in [6.45, 7) is -1.15. The van der Waals surface area contributed by atoms with E-state index < -0.39 is 63.4 Å². The number of ether oxygens (including phenoxy) is 2. The van der Waals surface area contributed by atoms with Gasteiger partial charge in [0.05, 0.1) is 4.90 Å². The third-order valence-corrected chi connectivity index (χ3v) is 7.96. The van der Waals surface area contributed by atoms with E-state index in [9.17, 15) is 32.0 Å². The van der Waals surface area contributed by atoms with Crippen molar-refractivity contribution < 1.29 is 41.5 Å². The van der Waals surface area contributed by atoms with Crippen LogP contribution in [-0.4, -0.2) is 60.5 Å². The van der Waals surface area contributed by atoms with Crippen molar-refractivity contribution in [3.8, 4) is 11.5 Å². The van der Waals surface area contributed by atoms with Crippen LogP contribution in [0, 0.1) is 11.6 Å². The third-order valence-electron chi connectivity index (χ3n) is 5.82. The normalized spacial score (nSPS) is 16.0. The second kappa shape index (κ2) is 11.9. The molecule has 0 saturated carbocycles. The molecule has 206 valence electrons. The Hall–Kier alpha value is -3.78. The fraction of sp³-hybridized carbons (Fsp3) is 0.200. The van der Waals surface area contributed by atoms with Crippen molar-refractivity contribution in [3.63, 3.8) is 0 Å². The molecule has 0 bridgehead atoms. The molecule has 1 aliphatic heterocycles. The molecule has 4 rings (SSSR count). The van der Waals surface area contributed by atoms with Gasteiger partial charge in [-0.25, -0.2) is 27.5 Å². The molecule has 1 heterocycles. The predicted octanol–water partition coefficient (Wildman–Crippen LogP) is 3.93. The number of carbonyl (C=O) groups is 2. The average Bonchev–Trinajstić information content (AvgIpc) is 2.94. The minimum atomic E-state index is -4.68. The number of rotatable bonds is 7. The van der Waals surface area contributed by atoms with Crippen LogP contribution in [0.5, 0.6) is 11.5 Å². The average molecular weight is 582 g/mol. The van der Waals surface area contributed by atoms with Gasteiger partial charge in [-0.1, -0.05) is 41.9 Å². The lowest BCUT2D eigenvalue weighted by Gasteiger charge is -2.38. The van der Waals surface area contributed by atoms with Crippen LogP contribution in [0.1, 0.15) is 5.56 Å². The van der Waals surface area contributed by atoms with Crippen molar-refractivity contribution in [3.05, 3.63) is 89.0 Å². The van der Waals surface area contributed by atoms with E-state index in [1.807, 2.05) is 0 Å². The molecular weight excluding hydrogens is 560 g/mol. The standard InChI is InChI=1S/C25H22ClF2N3O7S/c26-17-6-8-18(9-7-17)38-23-20(27)12-19(13-21(23)28)39(35,36)31-11-10-30(14-22(31)24(32)29-34)25(33)37-15-16-4-2-1-3-5-16/h1-9,12-13,22,34H,10-11,14-15H2,(H,29,32)/t22-/m0/s1. The first-order chi connectivity index (χ1) is 18.6. The first-order valence-electron chi connectivity index (χ1n) is 11.4. The molecule has 2 amide bonds. The molecule has 14 heteroatoms. The molecule has 3 aromatic carbocycles. The molecule has 0 aliphatic carbocycles. The summed E-state index contributed by atoms with van der Waals surface area (Å²) >= 11 is 5.79. The van der Waals surface area contributed by atoms with Crippen LogP contribution < -0.4 is 10.2 Å². The highest BCUT2D eigenvalue weighted by Gasteiger charge is 2.42. The molecule has 39 heavy (non-hydrogen) atoms. The summed E-state index contributed by atoms with van der Waals surface area (Å²) in [4.78, 5) is 25.3. The lowest BCUT2D eigenvalue weighted by molar-refractivity contribution is -0.134. The minimum absolute atomic E-state index is 0.0575. The highest BCUT2D eigenvalue weighted by atomic mass is 35.5. The number of hydrogen-bond acceptors (Lipinski definition) is 7. The Labute approximate surface area is 227 Å². The van der Waals surface area contributed by atoms with Crippen LogP contribution in [0.2, 0.25) is 5.02 Å². The Morgan fingerprint density at radius 2 is 1.67 bits per heavy atom. The molecule has 0 spiro atoms. The number of hydrogen-bond donors (Lipinski definition) is 2. The molecule has 10 nitrogen and oxygen atoms in total. The maximum Gasteiger partial charge on any atom is 0.410 e. The van der Waals surface area contributed by atoms with Gasteiger partial charge in [-0.05, 0) is 42.0 Å². The van der Waals surface area contributed by atoms with Gasteiger partial charge in [0.2, 0.25) is 10.0 Å². The summed E-state index contributed by atoms with van der Waals surface area (Å²) in [5.74, 6) is -4.55. The van der Waals surface area contributed by atoms with Crippen LogP contribution in [0.15, 0.2) is 71.6 Å². The van der Waals surface area contributed by atoms with Crippen molar-refractivity contribution in [2.45, 2.75) is 17.5 Å². The van der Waals surface area contributed by atoms with Gasteiger partial charge in [-0.2, -0.15) is 4.31 Å². The van der Waals surface area contributed by atoms with Gasteiger partial charge >= 0.3 is 6.09 Å². The van der Waals surface area contributed by atoms with Crippen LogP contribution in [0.25, 0.3) is 0 Å². The summed E-state index contributed by atoms with van der Waals surface area (Å²) in [5.41, 5.74) is 2.08. The number of sulfonamides is 1. The van der Waals surface area contributed by atoms with Gasteiger partial charge in [0.25, 0.3) is 5.91 Å². The molecule has 2 N–H and O–H groups in total. The fourth-order valence-electron chi connectivity index (χ4n) is 3.86. The van der Waals surface area contributed by atoms with Crippen LogP contribution in [0.4, 0.5) is 13.6 Å². The highest BCUT2D eigenvalue weighted by molar-refractivity contribution is 7.89. The second-order valence-electron chi connectivity index (χ2n) is 8.37. The number of hydroxylamine groups is 1. The van der Waals surface area contributed by atoms with Crippen LogP contribution in [-0.2, 0) is 26.2 Å². The second-order valence-corrected chi connectivity index (χ2v) is 10.7. The van der Waals surface area contributed by atoms with Gasteiger partial charge in [0, 0.05) is 24.7 Å². The smallest absolute Gasteiger partial charge is 0.410 e. The summed E-state index contributed by atoms with van der Waals surface area (Å²) in [5, 5.41) is 9.57. The van der Waals surface area contributed by atoms with Gasteiger partial charge in [-0.3, -0.25) is 10.0 Å². The maximum absolute atomic E-state index is 14.8. The quantitative estimate of drug-likeness (QED) is 0.320. The zero-order chi connectivity index (χ0) is 28.2. The fourth-order valence-corrected chi connectivity index (χ4v) is 5.58. The van der Waals surface area contributed by atoms with Crippen molar-refractivity contribution in [1.29, 1.82) is 0 Å². The number of nitrogens with zero attached hydrogens (tertiary/aromatic N) is 2. The molecular formula is C25H22ClF2N3O7S. The first kappa shape index (κ1) is 28.2. The summed E-state index contributed by atoms with van der Waals surface area (Å²) < 4.78 is 67.5. The van der Waals surface area contributed by atoms with E-state index in [1.54, 1.807) is 30.3 Å². The van der Waals surface area contributed by atoms with Gasteiger partial charge < -0.3 is 14.4 Å². The molecule has 0 unspecified atom stereocenters. The molecule has 0 aromatic heterocycles. The lowest BCUT2D eigenvalue weighted by Crippen LogP contribution is -2.61. The number of nitrogens with one attached hydrogen (secondary N) is 1. The third kappa shape index (κ3) is 6.45. The van der Waals surface area contributed by atoms with Crippen molar-refractivity contribution in [1.82, 2.24) is 14.7 Å². The van der Waals surface area contributed by atoms with Crippen LogP contribution in [0.3, 0.4) is 0 Å². The molecule has 3 aromatic rings. The van der Waals surface area contributed by atoms with Gasteiger partial charge in [0.1, 0.15) is 18.4 Å². The highest BCUT2D eigenvalue weighted by Crippen LogP contribution is 2.32. The Balaban J connectivity index is 1.53. The zero-order valence-electron chi connectivity index (χ0n) is 20.1. The largest absolute Gasteiger partial charge is 0.451 e. The number of amides is 2. The van der Waals surface area contributed by atoms with E-state index in [0.717, 1.165) is 4.90 Å². The molecule has 1 fully saturated rings. The Kier molecular flexibility index (Phi) is 8.65. The zero-order valence-corrected chi connectivity index (χ0v) is 21.7. The Morgan fingerprint density at radius 1 is 1.03 bits per heavy atom. The predicted molar refractivity (Wildman–Crippen MR) is 134 cm³/mol. The van der Waals surface area contributed by atoms with E-state index in [4.69, 9.17) is 21.1 Å². The molecule has 1 aliphatic rings. The van der Waals surface area contributed by atoms with E-state index in [1.165, 1.54) is 29.7 Å². The SMILES string of the molecule is O=C(NO)[C@@H]1CN(C(=O)OCc2ccccc2)CCN1S(=O)(=O)c1cc(F)c(Oc2ccc(Cl)cc2)c(F)c1. The summed E-state index contributed by atoms with van der Waals surface area (Å²) in [6, 6.07) is 13.9. The Bertz CT molecular complexity index is 1440. The maximum atomic E-state index is 14.8. The van der Waals surface area contributed by atoms with Gasteiger partial charge in [-0.15, -0.1) is 0 Å². The van der Waals surface area contributed by atoms with E-state index >= 15 is 0 Å². The minimum Gasteiger partial charge on any atom is -0.451 e. The number of benzene rings is 3. The number of halogens is 3. The monoisotopic (exact) mass is 581 g/mol. The molecule has 0 radical (unpaired) electrons. The van der Waals surface area contributed by atoms with Crippen LogP contribution >= 0.6 is 11.6 Å². The van der Waals surface area contributed by atoms with Gasteiger partial charge in [0.15, 0.2) is 17.4 Å². The van der Waals surface area contributed by atoms with Crippen molar-refractivity contribution >= 4 is 33.6 Å². The molecule has 1 saturated heterocycles. The number of piperazine rings is 1. The van der Waals surface area contributed by atoms with E-state index in [0.29, 0.717) is 27.0 Å². The van der Waals surface area contributed by atoms with Crippen molar-refractivity contribution in [2.24, 2.45) is 0 Å². The first-order valence-corrected chi connectivity index (χ1v) is 13.3. The van der Waals surface area contributed by atoms with Crippen molar-refractivity contribution in [2.75, 3.05) is 19.6 Å².